The van der Waals surface area contributed by atoms with Crippen molar-refractivity contribution in [2.24, 2.45) is 0 Å². The first kappa shape index (κ1) is 15.0. The second kappa shape index (κ2) is 7.37. The first-order chi connectivity index (χ1) is 10.2. The van der Waals surface area contributed by atoms with E-state index in [1.807, 2.05) is 49.4 Å². The molecule has 2 rings (SSSR count). The Labute approximate surface area is 125 Å². The monoisotopic (exact) mass is 282 g/mol. The summed E-state index contributed by atoms with van der Waals surface area (Å²) < 4.78 is 11.2. The maximum absolute atomic E-state index is 8.79. The van der Waals surface area contributed by atoms with Gasteiger partial charge in [0.25, 0.3) is 0 Å². The van der Waals surface area contributed by atoms with Crippen LogP contribution in [-0.4, -0.2) is 18.8 Å². The summed E-state index contributed by atoms with van der Waals surface area (Å²) in [5.74, 6) is 7.02. The highest BCUT2D eigenvalue weighted by Crippen LogP contribution is 2.23. The predicted octanol–water partition coefficient (Wildman–Crippen LogP) is 2.93. The van der Waals surface area contributed by atoms with E-state index in [1.165, 1.54) is 0 Å². The summed E-state index contributed by atoms with van der Waals surface area (Å²) in [5, 5.41) is 8.79. The molecule has 0 heterocycles. The van der Waals surface area contributed by atoms with Crippen LogP contribution in [0.5, 0.6) is 11.5 Å². The molecule has 0 bridgehead atoms. The van der Waals surface area contributed by atoms with Gasteiger partial charge in [-0.05, 0) is 31.2 Å². The number of hydrogen-bond acceptors (Lipinski definition) is 3. The molecule has 1 N–H and O–H groups in total. The second-order valence-corrected chi connectivity index (χ2v) is 4.56. The van der Waals surface area contributed by atoms with Gasteiger partial charge in [-0.2, -0.15) is 0 Å². The van der Waals surface area contributed by atoms with E-state index < -0.39 is 0 Å². The van der Waals surface area contributed by atoms with Crippen LogP contribution in [0.15, 0.2) is 42.5 Å². The largest absolute Gasteiger partial charge is 0.496 e. The lowest BCUT2D eigenvalue weighted by Gasteiger charge is -2.12. The van der Waals surface area contributed by atoms with Gasteiger partial charge in [-0.1, -0.05) is 35.6 Å². The van der Waals surface area contributed by atoms with Gasteiger partial charge in [0.2, 0.25) is 0 Å². The van der Waals surface area contributed by atoms with Gasteiger partial charge in [0.15, 0.2) is 0 Å². The molecule has 0 amide bonds. The van der Waals surface area contributed by atoms with Gasteiger partial charge >= 0.3 is 0 Å². The lowest BCUT2D eigenvalue weighted by Crippen LogP contribution is -2.00. The smallest absolute Gasteiger partial charge is 0.135 e. The number of benzene rings is 2. The van der Waals surface area contributed by atoms with Crippen molar-refractivity contribution in [3.05, 3.63) is 59.2 Å². The van der Waals surface area contributed by atoms with Gasteiger partial charge < -0.3 is 14.6 Å². The maximum Gasteiger partial charge on any atom is 0.135 e. The van der Waals surface area contributed by atoms with Crippen LogP contribution in [0, 0.1) is 18.8 Å². The average Bonchev–Trinajstić information content (AvgIpc) is 2.52. The fourth-order valence-corrected chi connectivity index (χ4v) is 2.01. The quantitative estimate of drug-likeness (QED) is 0.876. The van der Waals surface area contributed by atoms with Crippen LogP contribution in [0.4, 0.5) is 0 Å². The fourth-order valence-electron chi connectivity index (χ4n) is 2.01. The van der Waals surface area contributed by atoms with Crippen molar-refractivity contribution in [2.75, 3.05) is 13.7 Å². The van der Waals surface area contributed by atoms with Crippen molar-refractivity contribution >= 4 is 0 Å². The van der Waals surface area contributed by atoms with Crippen molar-refractivity contribution in [3.8, 4) is 23.3 Å². The zero-order valence-electron chi connectivity index (χ0n) is 12.2. The van der Waals surface area contributed by atoms with E-state index >= 15 is 0 Å². The average molecular weight is 282 g/mol. The van der Waals surface area contributed by atoms with Crippen LogP contribution in [0.2, 0.25) is 0 Å². The van der Waals surface area contributed by atoms with Crippen molar-refractivity contribution in [3.63, 3.8) is 0 Å². The van der Waals surface area contributed by atoms with Crippen LogP contribution in [0.25, 0.3) is 0 Å². The molecule has 0 aromatic heterocycles. The number of aliphatic hydroxyl groups is 1. The zero-order valence-corrected chi connectivity index (χ0v) is 12.2. The summed E-state index contributed by atoms with van der Waals surface area (Å²) in [6.07, 6.45) is 0. The van der Waals surface area contributed by atoms with Gasteiger partial charge in [-0.3, -0.25) is 0 Å². The molecule has 21 heavy (non-hydrogen) atoms. The van der Waals surface area contributed by atoms with Gasteiger partial charge in [-0.15, -0.1) is 0 Å². The van der Waals surface area contributed by atoms with Crippen molar-refractivity contribution in [1.29, 1.82) is 0 Å². The molecule has 3 heteroatoms. The molecular weight excluding hydrogens is 264 g/mol. The lowest BCUT2D eigenvalue weighted by molar-refractivity contribution is 0.296. The fraction of sp³-hybridized carbons (Fsp3) is 0.222. The summed E-state index contributed by atoms with van der Waals surface area (Å²) in [4.78, 5) is 0. The minimum Gasteiger partial charge on any atom is -0.496 e. The van der Waals surface area contributed by atoms with E-state index in [0.29, 0.717) is 12.4 Å². The van der Waals surface area contributed by atoms with Crippen molar-refractivity contribution < 1.29 is 14.6 Å². The Kier molecular flexibility index (Phi) is 5.25. The van der Waals surface area contributed by atoms with E-state index in [0.717, 1.165) is 22.4 Å². The number of aliphatic hydroxyl groups excluding tert-OH is 1. The number of rotatable bonds is 4. The van der Waals surface area contributed by atoms with Crippen LogP contribution in [-0.2, 0) is 6.61 Å². The Morgan fingerprint density at radius 2 is 1.90 bits per heavy atom. The first-order valence-electron chi connectivity index (χ1n) is 6.69. The molecule has 0 fully saturated rings. The summed E-state index contributed by atoms with van der Waals surface area (Å²) in [6, 6.07) is 13.5. The van der Waals surface area contributed by atoms with Crippen LogP contribution in [0.1, 0.15) is 16.7 Å². The Morgan fingerprint density at radius 1 is 1.10 bits per heavy atom. The highest BCUT2D eigenvalue weighted by Gasteiger charge is 2.06. The third kappa shape index (κ3) is 4.01. The van der Waals surface area contributed by atoms with Crippen molar-refractivity contribution in [2.45, 2.75) is 13.5 Å². The SMILES string of the molecule is COc1ccc(C)cc1COc1ccccc1C#CCO. The molecule has 0 saturated heterocycles. The Balaban J connectivity index is 2.19. The van der Waals surface area contributed by atoms with Crippen LogP contribution in [0.3, 0.4) is 0 Å². The highest BCUT2D eigenvalue weighted by molar-refractivity contribution is 5.46. The van der Waals surface area contributed by atoms with E-state index in [2.05, 4.69) is 11.8 Å². The number of ether oxygens (including phenoxy) is 2. The second-order valence-electron chi connectivity index (χ2n) is 4.56. The topological polar surface area (TPSA) is 38.7 Å². The van der Waals surface area contributed by atoms with Gasteiger partial charge in [0.05, 0.1) is 12.7 Å². The number of hydrogen-bond donors (Lipinski definition) is 1. The number of aryl methyl sites for hydroxylation is 1. The molecular formula is C18H18O3. The predicted molar refractivity (Wildman–Crippen MR) is 82.5 cm³/mol. The van der Waals surface area contributed by atoms with E-state index in [1.54, 1.807) is 7.11 Å². The first-order valence-corrected chi connectivity index (χ1v) is 6.69. The molecule has 0 radical (unpaired) electrons. The Morgan fingerprint density at radius 3 is 2.67 bits per heavy atom. The zero-order chi connectivity index (χ0) is 15.1. The third-order valence-electron chi connectivity index (χ3n) is 3.01. The summed E-state index contributed by atoms with van der Waals surface area (Å²) in [5.41, 5.74) is 2.91. The molecule has 0 aliphatic heterocycles. The Hall–Kier alpha value is -2.44. The van der Waals surface area contributed by atoms with Gasteiger partial charge in [-0.25, -0.2) is 0 Å². The van der Waals surface area contributed by atoms with E-state index in [-0.39, 0.29) is 6.61 Å². The molecule has 0 aliphatic rings. The highest BCUT2D eigenvalue weighted by atomic mass is 16.5. The molecule has 2 aromatic rings. The minimum absolute atomic E-state index is 0.167. The van der Waals surface area contributed by atoms with Gasteiger partial charge in [0.1, 0.15) is 24.7 Å². The molecule has 0 spiro atoms. The van der Waals surface area contributed by atoms with Crippen molar-refractivity contribution in [1.82, 2.24) is 0 Å². The molecule has 0 atom stereocenters. The molecule has 0 saturated carbocycles. The Bertz CT molecular complexity index is 666. The molecule has 0 unspecified atom stereocenters. The maximum atomic E-state index is 8.79. The standard InChI is InChI=1S/C18H18O3/c1-14-9-10-17(20-2)16(12-14)13-21-18-8-4-3-6-15(18)7-5-11-19/h3-4,6,8-10,12,19H,11,13H2,1-2H3. The summed E-state index contributed by atoms with van der Waals surface area (Å²) in [7, 11) is 1.65. The van der Waals surface area contributed by atoms with Gasteiger partial charge in [0, 0.05) is 5.56 Å². The van der Waals surface area contributed by atoms with Crippen LogP contribution >= 0.6 is 0 Å². The molecule has 108 valence electrons. The van der Waals surface area contributed by atoms with E-state index in [9.17, 15) is 0 Å². The summed E-state index contributed by atoms with van der Waals surface area (Å²) >= 11 is 0. The minimum atomic E-state index is -0.167. The number of para-hydroxylation sites is 1. The molecule has 3 nitrogen and oxygen atoms in total. The molecule has 0 aliphatic carbocycles. The summed E-state index contributed by atoms with van der Waals surface area (Å²) in [6.45, 7) is 2.27. The van der Waals surface area contributed by atoms with E-state index in [4.69, 9.17) is 14.6 Å². The van der Waals surface area contributed by atoms with Crippen LogP contribution < -0.4 is 9.47 Å². The number of methoxy groups -OCH3 is 1. The normalized spacial score (nSPS) is 9.67. The lowest BCUT2D eigenvalue weighted by atomic mass is 10.1. The third-order valence-corrected chi connectivity index (χ3v) is 3.01. The molecule has 2 aromatic carbocycles.